The van der Waals surface area contributed by atoms with Crippen molar-refractivity contribution in [3.8, 4) is 11.8 Å². The molecule has 0 aliphatic carbocycles. The number of hydrogen-bond acceptors (Lipinski definition) is 5. The standard InChI is InChI=1S/C28H40N2O3/c1-6-23-9-8-22(16-27(23)33-5)12-15-30(4)14-7-13-28(20-29,21(2)3)26-11-10-24(18-31)25(17-26)19-32/h8-11,16-17,21,31-32H,6-7,12-15,18-19H2,1-5H3. The summed E-state index contributed by atoms with van der Waals surface area (Å²) in [4.78, 5) is 2.32. The van der Waals surface area contributed by atoms with Crippen LogP contribution in [0.4, 0.5) is 0 Å². The van der Waals surface area contributed by atoms with E-state index in [1.54, 1.807) is 7.11 Å². The summed E-state index contributed by atoms with van der Waals surface area (Å²) in [5.41, 5.74) is 4.20. The van der Waals surface area contributed by atoms with Gasteiger partial charge in [-0.1, -0.05) is 51.1 Å². The van der Waals surface area contributed by atoms with Gasteiger partial charge in [-0.2, -0.15) is 5.26 Å². The van der Waals surface area contributed by atoms with E-state index in [1.807, 2.05) is 18.2 Å². The highest BCUT2D eigenvalue weighted by atomic mass is 16.5. The first-order valence-corrected chi connectivity index (χ1v) is 11.9. The molecule has 0 fully saturated rings. The molecule has 2 rings (SSSR count). The van der Waals surface area contributed by atoms with E-state index in [1.165, 1.54) is 11.1 Å². The summed E-state index contributed by atoms with van der Waals surface area (Å²) in [6, 6.07) is 14.7. The van der Waals surface area contributed by atoms with Crippen molar-refractivity contribution >= 4 is 0 Å². The van der Waals surface area contributed by atoms with E-state index in [-0.39, 0.29) is 19.1 Å². The highest BCUT2D eigenvalue weighted by Crippen LogP contribution is 2.37. The van der Waals surface area contributed by atoms with Crippen molar-refractivity contribution in [2.45, 2.75) is 65.1 Å². The molecule has 5 heteroatoms. The normalized spacial score (nSPS) is 13.2. The second kappa shape index (κ2) is 12.7. The molecule has 0 spiro atoms. The van der Waals surface area contributed by atoms with Crippen molar-refractivity contribution < 1.29 is 14.9 Å². The minimum absolute atomic E-state index is 0.116. The van der Waals surface area contributed by atoms with Gasteiger partial charge >= 0.3 is 0 Å². The summed E-state index contributed by atoms with van der Waals surface area (Å²) in [7, 11) is 3.85. The first-order valence-electron chi connectivity index (χ1n) is 11.9. The highest BCUT2D eigenvalue weighted by Gasteiger charge is 2.36. The molecule has 2 aromatic carbocycles. The van der Waals surface area contributed by atoms with Crippen molar-refractivity contribution in [3.05, 3.63) is 64.2 Å². The van der Waals surface area contributed by atoms with Crippen molar-refractivity contribution in [2.75, 3.05) is 27.2 Å². The summed E-state index contributed by atoms with van der Waals surface area (Å²) in [6.07, 6.45) is 3.56. The van der Waals surface area contributed by atoms with Gasteiger partial charge in [0.2, 0.25) is 0 Å². The Morgan fingerprint density at radius 1 is 1.03 bits per heavy atom. The molecule has 1 atom stereocenters. The van der Waals surface area contributed by atoms with Gasteiger partial charge in [0.25, 0.3) is 0 Å². The van der Waals surface area contributed by atoms with Crippen molar-refractivity contribution in [3.63, 3.8) is 0 Å². The molecule has 0 saturated heterocycles. The zero-order chi connectivity index (χ0) is 24.4. The van der Waals surface area contributed by atoms with Gasteiger partial charge in [0.15, 0.2) is 0 Å². The van der Waals surface area contributed by atoms with Crippen LogP contribution in [0.25, 0.3) is 0 Å². The minimum Gasteiger partial charge on any atom is -0.496 e. The molecule has 1 unspecified atom stereocenters. The molecule has 0 radical (unpaired) electrons. The molecule has 0 bridgehead atoms. The van der Waals surface area contributed by atoms with Gasteiger partial charge in [0.05, 0.1) is 31.8 Å². The predicted octanol–water partition coefficient (Wildman–Crippen LogP) is 4.61. The number of aryl methyl sites for hydroxylation is 1. The van der Waals surface area contributed by atoms with Crippen LogP contribution < -0.4 is 4.74 Å². The zero-order valence-electron chi connectivity index (χ0n) is 20.9. The quantitative estimate of drug-likeness (QED) is 0.464. The van der Waals surface area contributed by atoms with Crippen LogP contribution in [0, 0.1) is 17.2 Å². The highest BCUT2D eigenvalue weighted by molar-refractivity contribution is 5.40. The van der Waals surface area contributed by atoms with Crippen LogP contribution >= 0.6 is 0 Å². The minimum atomic E-state index is -0.623. The number of nitrogens with zero attached hydrogens (tertiary/aromatic N) is 2. The van der Waals surface area contributed by atoms with Gasteiger partial charge in [0.1, 0.15) is 5.75 Å². The average Bonchev–Trinajstić information content (AvgIpc) is 2.84. The topological polar surface area (TPSA) is 76.7 Å². The molecular weight excluding hydrogens is 412 g/mol. The molecule has 2 aromatic rings. The van der Waals surface area contributed by atoms with Crippen LogP contribution in [0.15, 0.2) is 36.4 Å². The Bertz CT molecular complexity index is 935. The van der Waals surface area contributed by atoms with Crippen LogP contribution in [0.1, 0.15) is 61.4 Å². The molecule has 33 heavy (non-hydrogen) atoms. The van der Waals surface area contributed by atoms with Gasteiger partial charge in [0, 0.05) is 6.54 Å². The largest absolute Gasteiger partial charge is 0.496 e. The Hall–Kier alpha value is -2.39. The smallest absolute Gasteiger partial charge is 0.122 e. The predicted molar refractivity (Wildman–Crippen MR) is 133 cm³/mol. The van der Waals surface area contributed by atoms with E-state index in [2.05, 4.69) is 57.0 Å². The molecule has 0 amide bonds. The lowest BCUT2D eigenvalue weighted by Crippen LogP contribution is -2.33. The Labute approximate surface area is 199 Å². The SMILES string of the molecule is CCc1ccc(CCN(C)CCCC(C#N)(c2ccc(CO)c(CO)c2)C(C)C)cc1OC. The molecule has 0 aliphatic heterocycles. The van der Waals surface area contributed by atoms with Crippen molar-refractivity contribution in [2.24, 2.45) is 5.92 Å². The first-order chi connectivity index (χ1) is 15.8. The summed E-state index contributed by atoms with van der Waals surface area (Å²) >= 11 is 0. The van der Waals surface area contributed by atoms with Gasteiger partial charge in [-0.3, -0.25) is 0 Å². The number of aliphatic hydroxyl groups is 2. The lowest BCUT2D eigenvalue weighted by molar-refractivity contribution is 0.259. The van der Waals surface area contributed by atoms with Crippen molar-refractivity contribution in [1.29, 1.82) is 5.26 Å². The van der Waals surface area contributed by atoms with Crippen LogP contribution in [0.3, 0.4) is 0 Å². The maximum absolute atomic E-state index is 10.2. The number of methoxy groups -OCH3 is 1. The molecule has 0 aliphatic rings. The Balaban J connectivity index is 2.02. The van der Waals surface area contributed by atoms with Crippen LogP contribution in [-0.2, 0) is 31.5 Å². The number of likely N-dealkylation sites (N-methyl/N-ethyl adjacent to an activating group) is 1. The molecule has 0 saturated carbocycles. The molecule has 180 valence electrons. The Morgan fingerprint density at radius 2 is 1.73 bits per heavy atom. The molecular formula is C28H40N2O3. The molecule has 0 aromatic heterocycles. The zero-order valence-corrected chi connectivity index (χ0v) is 20.9. The summed E-state index contributed by atoms with van der Waals surface area (Å²) < 4.78 is 5.52. The Morgan fingerprint density at radius 3 is 2.30 bits per heavy atom. The third kappa shape index (κ3) is 6.57. The molecule has 2 N–H and O–H groups in total. The van der Waals surface area contributed by atoms with Gasteiger partial charge in [-0.25, -0.2) is 0 Å². The Kier molecular flexibility index (Phi) is 10.4. The fraction of sp³-hybridized carbons (Fsp3) is 0.536. The lowest BCUT2D eigenvalue weighted by Gasteiger charge is -2.32. The van der Waals surface area contributed by atoms with Crippen LogP contribution in [-0.4, -0.2) is 42.4 Å². The van der Waals surface area contributed by atoms with Gasteiger partial charge in [-0.05, 0) is 79.1 Å². The van der Waals surface area contributed by atoms with Gasteiger partial charge in [-0.15, -0.1) is 0 Å². The summed E-state index contributed by atoms with van der Waals surface area (Å²) in [5, 5.41) is 29.4. The third-order valence-electron chi connectivity index (χ3n) is 6.87. The fourth-order valence-electron chi connectivity index (χ4n) is 4.52. The fourth-order valence-corrected chi connectivity index (χ4v) is 4.52. The second-order valence-electron chi connectivity index (χ2n) is 9.19. The number of nitriles is 1. The second-order valence-corrected chi connectivity index (χ2v) is 9.19. The molecule has 5 nitrogen and oxygen atoms in total. The van der Waals surface area contributed by atoms with E-state index < -0.39 is 5.41 Å². The van der Waals surface area contributed by atoms with Crippen LogP contribution in [0.5, 0.6) is 5.75 Å². The average molecular weight is 453 g/mol. The molecule has 0 heterocycles. The third-order valence-corrected chi connectivity index (χ3v) is 6.87. The monoisotopic (exact) mass is 452 g/mol. The van der Waals surface area contributed by atoms with E-state index >= 15 is 0 Å². The number of ether oxygens (including phenoxy) is 1. The first kappa shape index (κ1) is 26.9. The van der Waals surface area contributed by atoms with E-state index in [4.69, 9.17) is 4.74 Å². The maximum atomic E-state index is 10.2. The van der Waals surface area contributed by atoms with E-state index in [0.29, 0.717) is 11.1 Å². The van der Waals surface area contributed by atoms with Gasteiger partial charge < -0.3 is 19.8 Å². The lowest BCUT2D eigenvalue weighted by atomic mass is 9.69. The summed E-state index contributed by atoms with van der Waals surface area (Å²) in [5.74, 6) is 1.09. The van der Waals surface area contributed by atoms with E-state index in [0.717, 1.165) is 50.1 Å². The number of hydrogen-bond donors (Lipinski definition) is 2. The summed E-state index contributed by atoms with van der Waals surface area (Å²) in [6.45, 7) is 7.88. The number of benzene rings is 2. The van der Waals surface area contributed by atoms with E-state index in [9.17, 15) is 15.5 Å². The van der Waals surface area contributed by atoms with Crippen LogP contribution in [0.2, 0.25) is 0 Å². The maximum Gasteiger partial charge on any atom is 0.122 e. The van der Waals surface area contributed by atoms with Crippen molar-refractivity contribution in [1.82, 2.24) is 4.90 Å². The number of aliphatic hydroxyl groups excluding tert-OH is 2. The number of rotatable bonds is 13.